The van der Waals surface area contributed by atoms with Crippen molar-refractivity contribution < 1.29 is 9.84 Å². The summed E-state index contributed by atoms with van der Waals surface area (Å²) in [5, 5.41) is 11.2. The number of fused-ring (bicyclic) bond motifs is 5. The van der Waals surface area contributed by atoms with Crippen molar-refractivity contribution in [2.24, 2.45) is 58.2 Å². The number of benzene rings is 1. The molecule has 4 aliphatic rings. The van der Waals surface area contributed by atoms with Crippen LogP contribution in [0, 0.1) is 58.2 Å². The van der Waals surface area contributed by atoms with Crippen LogP contribution in [0.25, 0.3) is 0 Å². The molecule has 2 nitrogen and oxygen atoms in total. The molecule has 37 heavy (non-hydrogen) atoms. The minimum Gasteiger partial charge on any atom is -0.497 e. The lowest BCUT2D eigenvalue weighted by Gasteiger charge is -2.63. The molecular weight excluding hydrogens is 452 g/mol. The van der Waals surface area contributed by atoms with E-state index in [4.69, 9.17) is 4.74 Å². The number of hydrogen-bond acceptors (Lipinski definition) is 2. The second-order valence-corrected chi connectivity index (χ2v) is 14.9. The first-order valence-electron chi connectivity index (χ1n) is 16.0. The highest BCUT2D eigenvalue weighted by atomic mass is 16.5. The lowest BCUT2D eigenvalue weighted by molar-refractivity contribution is -0.152. The van der Waals surface area contributed by atoms with Crippen LogP contribution in [0.15, 0.2) is 24.3 Å². The Labute approximate surface area is 228 Å². The SMILES string of the molecule is COc1ccc(C[C@H]2C3CCC4C(CC[C@@]5(C)C4CC[C@@H]5[C@H](C)CCCC(C)C)[C@@]3(C)CC[C@H]2O)cc1. The molecule has 5 rings (SSSR count). The lowest BCUT2D eigenvalue weighted by Crippen LogP contribution is -2.57. The van der Waals surface area contributed by atoms with Crippen molar-refractivity contribution in [3.05, 3.63) is 29.8 Å². The van der Waals surface area contributed by atoms with E-state index >= 15 is 0 Å². The zero-order valence-electron chi connectivity index (χ0n) is 24.8. The van der Waals surface area contributed by atoms with Crippen LogP contribution in [0.4, 0.5) is 0 Å². The van der Waals surface area contributed by atoms with Crippen molar-refractivity contribution >= 4 is 0 Å². The average Bonchev–Trinajstić information content (AvgIpc) is 3.23. The van der Waals surface area contributed by atoms with E-state index in [0.29, 0.717) is 22.7 Å². The Kier molecular flexibility index (Phi) is 8.09. The van der Waals surface area contributed by atoms with Crippen molar-refractivity contribution in [1.82, 2.24) is 0 Å². The Hall–Kier alpha value is -1.02. The van der Waals surface area contributed by atoms with Gasteiger partial charge in [-0.25, -0.2) is 0 Å². The van der Waals surface area contributed by atoms with Gasteiger partial charge in [0.25, 0.3) is 0 Å². The molecule has 4 aliphatic carbocycles. The highest BCUT2D eigenvalue weighted by molar-refractivity contribution is 5.28. The molecule has 0 spiro atoms. The maximum Gasteiger partial charge on any atom is 0.118 e. The van der Waals surface area contributed by atoms with Gasteiger partial charge in [0.15, 0.2) is 0 Å². The lowest BCUT2D eigenvalue weighted by atomic mass is 9.42. The largest absolute Gasteiger partial charge is 0.497 e. The minimum atomic E-state index is -0.145. The number of aliphatic hydroxyl groups is 1. The van der Waals surface area contributed by atoms with Crippen molar-refractivity contribution in [2.75, 3.05) is 7.11 Å². The molecule has 0 aromatic heterocycles. The van der Waals surface area contributed by atoms with E-state index in [9.17, 15) is 5.11 Å². The third-order valence-corrected chi connectivity index (χ3v) is 12.8. The van der Waals surface area contributed by atoms with Crippen LogP contribution >= 0.6 is 0 Å². The Balaban J connectivity index is 1.30. The van der Waals surface area contributed by atoms with Crippen LogP contribution < -0.4 is 4.74 Å². The van der Waals surface area contributed by atoms with Gasteiger partial charge in [-0.05, 0) is 134 Å². The van der Waals surface area contributed by atoms with Crippen molar-refractivity contribution in [3.63, 3.8) is 0 Å². The molecule has 0 bridgehead atoms. The fraction of sp³-hybridized carbons (Fsp3) is 0.829. The summed E-state index contributed by atoms with van der Waals surface area (Å²) >= 11 is 0. The van der Waals surface area contributed by atoms with Crippen molar-refractivity contribution in [1.29, 1.82) is 0 Å². The Morgan fingerprint density at radius 2 is 1.51 bits per heavy atom. The van der Waals surface area contributed by atoms with Crippen LogP contribution in [0.1, 0.15) is 111 Å². The van der Waals surface area contributed by atoms with Crippen molar-refractivity contribution in [2.45, 2.75) is 118 Å². The maximum atomic E-state index is 11.2. The number of rotatable bonds is 8. The van der Waals surface area contributed by atoms with Gasteiger partial charge < -0.3 is 9.84 Å². The third-order valence-electron chi connectivity index (χ3n) is 12.8. The summed E-state index contributed by atoms with van der Waals surface area (Å²) in [5.41, 5.74) is 2.33. The van der Waals surface area contributed by atoms with E-state index in [-0.39, 0.29) is 6.10 Å². The smallest absolute Gasteiger partial charge is 0.118 e. The van der Waals surface area contributed by atoms with Crippen LogP contribution in [0.2, 0.25) is 0 Å². The van der Waals surface area contributed by atoms with E-state index < -0.39 is 0 Å². The van der Waals surface area contributed by atoms with Gasteiger partial charge in [0.1, 0.15) is 5.75 Å². The molecular formula is C35H56O2. The Morgan fingerprint density at radius 3 is 2.22 bits per heavy atom. The fourth-order valence-corrected chi connectivity index (χ4v) is 10.8. The van der Waals surface area contributed by atoms with E-state index in [1.54, 1.807) is 7.11 Å². The molecule has 0 amide bonds. The summed E-state index contributed by atoms with van der Waals surface area (Å²) in [4.78, 5) is 0. The summed E-state index contributed by atoms with van der Waals surface area (Å²) in [5.74, 6) is 7.38. The molecule has 10 atom stereocenters. The highest BCUT2D eigenvalue weighted by Crippen LogP contribution is 2.69. The standard InChI is InChI=1S/C35H56O2/c1-23(2)8-7-9-24(3)29-16-17-30-27-14-15-31-28(22-25-10-12-26(37-6)13-11-25)33(36)19-21-35(31,5)32(27)18-20-34(29,30)4/h10-13,23-24,27-33,36H,7-9,14-22H2,1-6H3/t24-,27?,28+,29-,30?,31?,32?,33-,34-,35+/m1/s1. The quantitative estimate of drug-likeness (QED) is 0.380. The maximum absolute atomic E-state index is 11.2. The molecule has 0 aliphatic heterocycles. The molecule has 208 valence electrons. The third kappa shape index (κ3) is 5.03. The zero-order chi connectivity index (χ0) is 26.4. The van der Waals surface area contributed by atoms with Gasteiger partial charge >= 0.3 is 0 Å². The van der Waals surface area contributed by atoms with Crippen LogP contribution in [0.3, 0.4) is 0 Å². The van der Waals surface area contributed by atoms with E-state index in [1.165, 1.54) is 69.8 Å². The summed E-state index contributed by atoms with van der Waals surface area (Å²) in [7, 11) is 1.74. The summed E-state index contributed by atoms with van der Waals surface area (Å²) in [6, 6.07) is 8.61. The first-order chi connectivity index (χ1) is 17.7. The molecule has 0 saturated heterocycles. The topological polar surface area (TPSA) is 29.5 Å². The molecule has 2 heteroatoms. The van der Waals surface area contributed by atoms with Crippen molar-refractivity contribution in [3.8, 4) is 5.75 Å². The normalized spacial score (nSPS) is 42.1. The van der Waals surface area contributed by atoms with E-state index in [1.807, 2.05) is 0 Å². The molecule has 4 fully saturated rings. The van der Waals surface area contributed by atoms with Gasteiger partial charge in [0, 0.05) is 0 Å². The van der Waals surface area contributed by atoms with Crippen LogP contribution in [-0.4, -0.2) is 18.3 Å². The van der Waals surface area contributed by atoms with Gasteiger partial charge in [0.2, 0.25) is 0 Å². The van der Waals surface area contributed by atoms with Gasteiger partial charge in [-0.15, -0.1) is 0 Å². The van der Waals surface area contributed by atoms with Gasteiger partial charge in [-0.2, -0.15) is 0 Å². The second-order valence-electron chi connectivity index (χ2n) is 14.9. The zero-order valence-corrected chi connectivity index (χ0v) is 24.8. The Morgan fingerprint density at radius 1 is 0.838 bits per heavy atom. The molecule has 1 aromatic carbocycles. The number of methoxy groups -OCH3 is 1. The summed E-state index contributed by atoms with van der Waals surface area (Å²) in [6.45, 7) is 12.7. The number of aliphatic hydroxyl groups excluding tert-OH is 1. The predicted octanol–water partition coefficient (Wildman–Crippen LogP) is 8.95. The highest BCUT2D eigenvalue weighted by Gasteiger charge is 2.61. The van der Waals surface area contributed by atoms with Gasteiger partial charge in [-0.1, -0.05) is 66.0 Å². The average molecular weight is 509 g/mol. The fourth-order valence-electron chi connectivity index (χ4n) is 10.8. The van der Waals surface area contributed by atoms with Gasteiger partial charge in [-0.3, -0.25) is 0 Å². The summed E-state index contributed by atoms with van der Waals surface area (Å²) < 4.78 is 5.39. The monoisotopic (exact) mass is 508 g/mol. The van der Waals surface area contributed by atoms with Crippen LogP contribution in [-0.2, 0) is 6.42 Å². The first-order valence-corrected chi connectivity index (χ1v) is 16.0. The van der Waals surface area contributed by atoms with Crippen LogP contribution in [0.5, 0.6) is 5.75 Å². The Bertz CT molecular complexity index is 891. The first kappa shape index (κ1) is 27.5. The molecule has 0 heterocycles. The number of ether oxygens (including phenoxy) is 1. The van der Waals surface area contributed by atoms with Gasteiger partial charge in [0.05, 0.1) is 13.2 Å². The summed E-state index contributed by atoms with van der Waals surface area (Å²) in [6.07, 6.45) is 15.9. The van der Waals surface area contributed by atoms with E-state index in [2.05, 4.69) is 58.9 Å². The molecule has 0 radical (unpaired) electrons. The molecule has 4 saturated carbocycles. The second kappa shape index (κ2) is 10.9. The molecule has 4 unspecified atom stereocenters. The predicted molar refractivity (Wildman–Crippen MR) is 155 cm³/mol. The molecule has 1 aromatic rings. The number of hydrogen-bond donors (Lipinski definition) is 1. The van der Waals surface area contributed by atoms with E-state index in [0.717, 1.165) is 54.1 Å². The minimum absolute atomic E-state index is 0.145. The molecule has 1 N–H and O–H groups in total.